The lowest BCUT2D eigenvalue weighted by Gasteiger charge is -1.98. The second kappa shape index (κ2) is 19.7. The van der Waals surface area contributed by atoms with E-state index in [0.717, 1.165) is 0 Å². The Morgan fingerprint density at radius 3 is 0.750 bits per heavy atom. The number of aliphatic hydroxyl groups excluding tert-OH is 4. The molecule has 4 aromatic rings. The Balaban J connectivity index is 0.000000320. The largest absolute Gasteiger partial charge is 0.392 e. The monoisotopic (exact) mass is 684 g/mol. The van der Waals surface area contributed by atoms with Crippen molar-refractivity contribution < 1.29 is 40.1 Å². The van der Waals surface area contributed by atoms with Gasteiger partial charge in [-0.05, 0) is 19.7 Å². The van der Waals surface area contributed by atoms with Crippen molar-refractivity contribution in [3.63, 3.8) is 0 Å². The van der Waals surface area contributed by atoms with E-state index in [1.807, 2.05) is 0 Å². The average Bonchev–Trinajstić information content (AvgIpc) is 3.78. The molecule has 0 aromatic carbocycles. The molecular weight excluding hydrogens is 648 g/mol. The molecule has 4 aromatic heterocycles. The van der Waals surface area contributed by atoms with E-state index in [2.05, 4.69) is 19.9 Å². The SMILES string of the molecule is Cc1ncc([N+](=O)[O-])n1CCO.Cc1ncc([N+](=O)[O-])n1CCO.Cc1ncc([N+](=O)[O-])n1CCO.Cc1ncc([N+](=O)[O-])n1CCO. The van der Waals surface area contributed by atoms with E-state index in [1.165, 1.54) is 43.1 Å². The fourth-order valence-corrected chi connectivity index (χ4v) is 3.91. The number of aromatic nitrogens is 8. The van der Waals surface area contributed by atoms with Gasteiger partial charge in [-0.2, -0.15) is 0 Å². The molecule has 24 nitrogen and oxygen atoms in total. The van der Waals surface area contributed by atoms with Gasteiger partial charge in [0.1, 0.15) is 51.0 Å². The van der Waals surface area contributed by atoms with E-state index in [0.29, 0.717) is 23.3 Å². The molecule has 0 saturated carbocycles. The van der Waals surface area contributed by atoms with Gasteiger partial charge in [0.05, 0.1) is 26.4 Å². The molecule has 0 aliphatic carbocycles. The maximum Gasteiger partial charge on any atom is 0.342 e. The third-order valence-corrected chi connectivity index (χ3v) is 6.18. The fourth-order valence-electron chi connectivity index (χ4n) is 3.91. The van der Waals surface area contributed by atoms with Crippen LogP contribution >= 0.6 is 0 Å². The summed E-state index contributed by atoms with van der Waals surface area (Å²) in [6, 6.07) is 0. The molecular formula is C24H36N12O12. The van der Waals surface area contributed by atoms with E-state index in [9.17, 15) is 40.5 Å². The minimum absolute atomic E-state index is 0.0819. The van der Waals surface area contributed by atoms with Crippen LogP contribution in [0.2, 0.25) is 0 Å². The van der Waals surface area contributed by atoms with E-state index >= 15 is 0 Å². The molecule has 0 spiro atoms. The van der Waals surface area contributed by atoms with Crippen LogP contribution in [0.3, 0.4) is 0 Å². The summed E-state index contributed by atoms with van der Waals surface area (Å²) < 4.78 is 5.44. The van der Waals surface area contributed by atoms with Gasteiger partial charge >= 0.3 is 23.3 Å². The van der Waals surface area contributed by atoms with Crippen LogP contribution in [0.1, 0.15) is 23.3 Å². The summed E-state index contributed by atoms with van der Waals surface area (Å²) in [7, 11) is 0. The summed E-state index contributed by atoms with van der Waals surface area (Å²) in [5, 5.41) is 75.9. The smallest absolute Gasteiger partial charge is 0.342 e. The van der Waals surface area contributed by atoms with Crippen molar-refractivity contribution >= 4 is 23.3 Å². The first kappa shape index (κ1) is 40.3. The van der Waals surface area contributed by atoms with Gasteiger partial charge in [-0.15, -0.1) is 0 Å². The van der Waals surface area contributed by atoms with Gasteiger partial charge in [-0.25, -0.2) is 38.2 Å². The van der Waals surface area contributed by atoms with Crippen LogP contribution in [0.15, 0.2) is 24.8 Å². The molecule has 0 aliphatic heterocycles. The van der Waals surface area contributed by atoms with Crippen LogP contribution < -0.4 is 0 Å². The Morgan fingerprint density at radius 1 is 0.458 bits per heavy atom. The normalized spacial score (nSPS) is 10.2. The van der Waals surface area contributed by atoms with Crippen molar-refractivity contribution in [1.29, 1.82) is 0 Å². The van der Waals surface area contributed by atoms with Crippen LogP contribution in [0.5, 0.6) is 0 Å². The van der Waals surface area contributed by atoms with Crippen molar-refractivity contribution in [2.45, 2.75) is 53.9 Å². The second-order valence-electron chi connectivity index (χ2n) is 9.18. The summed E-state index contributed by atoms with van der Waals surface area (Å²) in [6.07, 6.45) is 4.74. The molecule has 4 heterocycles. The summed E-state index contributed by atoms with van der Waals surface area (Å²) in [6.45, 7) is 6.96. The van der Waals surface area contributed by atoms with Crippen LogP contribution in [0.4, 0.5) is 23.3 Å². The number of nitro groups is 4. The zero-order valence-corrected chi connectivity index (χ0v) is 26.4. The number of hydrogen-bond donors (Lipinski definition) is 4. The van der Waals surface area contributed by atoms with Crippen LogP contribution in [0.25, 0.3) is 0 Å². The summed E-state index contributed by atoms with van der Waals surface area (Å²) >= 11 is 0. The Kier molecular flexibility index (Phi) is 16.6. The number of rotatable bonds is 12. The number of hydrogen-bond acceptors (Lipinski definition) is 16. The van der Waals surface area contributed by atoms with Crippen LogP contribution in [-0.2, 0) is 26.2 Å². The molecule has 0 aliphatic rings. The molecule has 0 bridgehead atoms. The Labute approximate surface area is 270 Å². The molecule has 24 heteroatoms. The van der Waals surface area contributed by atoms with Gasteiger partial charge < -0.3 is 60.9 Å². The van der Waals surface area contributed by atoms with Crippen LogP contribution in [0, 0.1) is 68.2 Å². The highest BCUT2D eigenvalue weighted by Gasteiger charge is 2.18. The molecule has 0 amide bonds. The molecule has 4 rings (SSSR count). The van der Waals surface area contributed by atoms with Gasteiger partial charge in [-0.1, -0.05) is 0 Å². The predicted octanol–water partition coefficient (Wildman–Crippen LogP) is 0.368. The number of nitrogens with zero attached hydrogens (tertiary/aromatic N) is 12. The highest BCUT2D eigenvalue weighted by Crippen LogP contribution is 2.15. The maximum atomic E-state index is 10.4. The Bertz CT molecular complexity index is 1420. The van der Waals surface area contributed by atoms with E-state index in [1.54, 1.807) is 27.7 Å². The minimum atomic E-state index is -0.518. The van der Waals surface area contributed by atoms with Crippen molar-refractivity contribution in [1.82, 2.24) is 38.2 Å². The van der Waals surface area contributed by atoms with E-state index < -0.39 is 19.7 Å². The maximum absolute atomic E-state index is 10.4. The topological polar surface area (TPSA) is 325 Å². The third-order valence-electron chi connectivity index (χ3n) is 6.18. The molecule has 0 fully saturated rings. The van der Waals surface area contributed by atoms with E-state index in [4.69, 9.17) is 20.4 Å². The van der Waals surface area contributed by atoms with Crippen molar-refractivity contribution in [3.8, 4) is 0 Å². The summed E-state index contributed by atoms with van der Waals surface area (Å²) in [4.78, 5) is 54.5. The van der Waals surface area contributed by atoms with Gasteiger partial charge in [0.15, 0.2) is 23.3 Å². The first-order valence-electron chi connectivity index (χ1n) is 13.8. The first-order valence-corrected chi connectivity index (χ1v) is 13.8. The number of aryl methyl sites for hydroxylation is 4. The van der Waals surface area contributed by atoms with Crippen molar-refractivity contribution in [3.05, 3.63) is 88.5 Å². The zero-order valence-electron chi connectivity index (χ0n) is 26.4. The molecule has 4 N–H and O–H groups in total. The van der Waals surface area contributed by atoms with E-state index in [-0.39, 0.29) is 75.9 Å². The average molecular weight is 685 g/mol. The van der Waals surface area contributed by atoms with Crippen molar-refractivity contribution in [2.75, 3.05) is 26.4 Å². The molecule has 0 atom stereocenters. The number of imidazole rings is 4. The zero-order chi connectivity index (χ0) is 36.6. The van der Waals surface area contributed by atoms with Crippen LogP contribution in [-0.4, -0.2) is 105 Å². The molecule has 48 heavy (non-hydrogen) atoms. The molecule has 0 saturated heterocycles. The quantitative estimate of drug-likeness (QED) is 0.116. The lowest BCUT2D eigenvalue weighted by Crippen LogP contribution is -2.07. The van der Waals surface area contributed by atoms with Gasteiger partial charge in [0.2, 0.25) is 0 Å². The lowest BCUT2D eigenvalue weighted by atomic mass is 10.6. The molecule has 0 unspecified atom stereocenters. The first-order chi connectivity index (χ1) is 22.7. The van der Waals surface area contributed by atoms with Gasteiger partial charge in [0, 0.05) is 27.7 Å². The van der Waals surface area contributed by atoms with Gasteiger partial charge in [-0.3, -0.25) is 0 Å². The lowest BCUT2D eigenvalue weighted by molar-refractivity contribution is -0.392. The molecule has 0 radical (unpaired) electrons. The van der Waals surface area contributed by atoms with Gasteiger partial charge in [0.25, 0.3) is 0 Å². The molecule has 264 valence electrons. The minimum Gasteiger partial charge on any atom is -0.392 e. The predicted molar refractivity (Wildman–Crippen MR) is 163 cm³/mol. The number of aliphatic hydroxyl groups is 4. The summed E-state index contributed by atoms with van der Waals surface area (Å²) in [5.41, 5.74) is 0. The summed E-state index contributed by atoms with van der Waals surface area (Å²) in [5.74, 6) is 1.82. The fraction of sp³-hybridized carbons (Fsp3) is 0.500. The highest BCUT2D eigenvalue weighted by atomic mass is 16.6. The third kappa shape index (κ3) is 11.3. The van der Waals surface area contributed by atoms with Crippen molar-refractivity contribution in [2.24, 2.45) is 0 Å². The standard InChI is InChI=1S/4C6H9N3O3/c4*1-5-7-4-6(9(11)12)8(5)2-3-10/h4*4,10H,2-3H2,1H3. The Hall–Kier alpha value is -5.72. The highest BCUT2D eigenvalue weighted by molar-refractivity contribution is 5.20. The second-order valence-corrected chi connectivity index (χ2v) is 9.18. The Morgan fingerprint density at radius 2 is 0.625 bits per heavy atom.